The van der Waals surface area contributed by atoms with Gasteiger partial charge in [-0.15, -0.1) is 0 Å². The summed E-state index contributed by atoms with van der Waals surface area (Å²) < 4.78 is 0. The molecule has 29 heavy (non-hydrogen) atoms. The van der Waals surface area contributed by atoms with Crippen LogP contribution < -0.4 is 5.32 Å². The first-order chi connectivity index (χ1) is 14.0. The van der Waals surface area contributed by atoms with Gasteiger partial charge in [-0.3, -0.25) is 4.79 Å². The molecule has 0 amide bonds. The highest BCUT2D eigenvalue weighted by atomic mass is 16.6. The van der Waals surface area contributed by atoms with Gasteiger partial charge in [-0.1, -0.05) is 24.2 Å². The number of fused-ring (bicyclic) bond motifs is 5. The smallest absolute Gasteiger partial charge is 0.141 e. The van der Waals surface area contributed by atoms with Gasteiger partial charge in [-0.05, 0) is 74.5 Å². The Morgan fingerprint density at radius 1 is 1.28 bits per heavy atom. The van der Waals surface area contributed by atoms with Crippen LogP contribution >= 0.6 is 0 Å². The zero-order valence-electron chi connectivity index (χ0n) is 17.6. The van der Waals surface area contributed by atoms with Crippen LogP contribution in [0.2, 0.25) is 0 Å². The fraction of sp³-hybridized carbons (Fsp3) is 0.750. The number of carbonyl (C=O) groups excluding carboxylic acids is 1. The molecule has 0 aromatic carbocycles. The van der Waals surface area contributed by atoms with Gasteiger partial charge in [0, 0.05) is 30.2 Å². The van der Waals surface area contributed by atoms with E-state index in [-0.39, 0.29) is 23.5 Å². The summed E-state index contributed by atoms with van der Waals surface area (Å²) in [4.78, 5) is 18.4. The molecule has 0 bridgehead atoms. The number of Topliss-reactive ketones (excluding diaryl/α,β-unsaturated/α-hetero) is 1. The molecule has 0 radical (unpaired) electrons. The van der Waals surface area contributed by atoms with E-state index in [2.05, 4.69) is 30.1 Å². The summed E-state index contributed by atoms with van der Waals surface area (Å²) in [7, 11) is 0. The molecule has 2 N–H and O–H groups in total. The van der Waals surface area contributed by atoms with Crippen molar-refractivity contribution in [1.29, 1.82) is 0 Å². The van der Waals surface area contributed by atoms with E-state index in [1.807, 2.05) is 0 Å². The molecule has 0 aromatic rings. The number of aliphatic hydroxyl groups is 1. The molecule has 5 aliphatic rings. The van der Waals surface area contributed by atoms with Gasteiger partial charge < -0.3 is 15.3 Å². The number of aliphatic hydroxyl groups excluding tert-OH is 1. The minimum atomic E-state index is -0.221. The second kappa shape index (κ2) is 7.05. The Hall–Kier alpha value is -1.46. The molecule has 6 atom stereocenters. The standard InChI is InChI=1S/C24H34N2O3/c1-15-11-18-19-3-4-22(28)23(19,2)8-6-20(18)24(14-27)9-5-16(12-21(15)24)26-29-17-7-10-25-13-17/h12,17-20,25,27H,1,3-11,13-14H2,2H3/b26-16+/t17?,18?,19?,20?,23-,24-/m0/s1. The van der Waals surface area contributed by atoms with Gasteiger partial charge in [0.05, 0.1) is 12.3 Å². The second-order valence-corrected chi connectivity index (χ2v) is 10.3. The van der Waals surface area contributed by atoms with E-state index >= 15 is 0 Å². The van der Waals surface area contributed by atoms with Crippen LogP contribution in [0.25, 0.3) is 0 Å². The van der Waals surface area contributed by atoms with Crippen molar-refractivity contribution in [3.63, 3.8) is 0 Å². The first-order valence-electron chi connectivity index (χ1n) is 11.5. The number of rotatable bonds is 3. The van der Waals surface area contributed by atoms with E-state index in [1.165, 1.54) is 5.57 Å². The number of nitrogens with zero attached hydrogens (tertiary/aromatic N) is 1. The molecular formula is C24H34N2O3. The number of nitrogens with one attached hydrogen (secondary N) is 1. The van der Waals surface area contributed by atoms with Gasteiger partial charge in [0.2, 0.25) is 0 Å². The lowest BCUT2D eigenvalue weighted by molar-refractivity contribution is -0.132. The van der Waals surface area contributed by atoms with Crippen LogP contribution in [-0.4, -0.2) is 42.4 Å². The maximum atomic E-state index is 12.6. The SMILES string of the molecule is C=C1CC2C(CC[C@]3(C)C(=O)CCC23)[C@@]2(CO)CC/C(=N\OC3CCNC3)C=C12. The molecule has 1 heterocycles. The molecule has 4 fully saturated rings. The van der Waals surface area contributed by atoms with Gasteiger partial charge in [-0.25, -0.2) is 0 Å². The Balaban J connectivity index is 1.44. The van der Waals surface area contributed by atoms with Gasteiger partial charge in [0.25, 0.3) is 0 Å². The van der Waals surface area contributed by atoms with Crippen molar-refractivity contribution in [2.45, 2.75) is 64.4 Å². The Kier molecular flexibility index (Phi) is 4.74. The number of hydrogen-bond donors (Lipinski definition) is 2. The molecule has 4 unspecified atom stereocenters. The Morgan fingerprint density at radius 2 is 2.14 bits per heavy atom. The Labute approximate surface area is 173 Å². The zero-order valence-corrected chi connectivity index (χ0v) is 17.6. The number of oxime groups is 1. The highest BCUT2D eigenvalue weighted by molar-refractivity contribution is 5.97. The van der Waals surface area contributed by atoms with E-state index in [0.29, 0.717) is 23.5 Å². The number of hydrogen-bond acceptors (Lipinski definition) is 5. The Bertz CT molecular complexity index is 781. The lowest BCUT2D eigenvalue weighted by Gasteiger charge is -2.58. The van der Waals surface area contributed by atoms with Gasteiger partial charge >= 0.3 is 0 Å². The van der Waals surface area contributed by atoms with E-state index < -0.39 is 0 Å². The Morgan fingerprint density at radius 3 is 2.90 bits per heavy atom. The summed E-state index contributed by atoms with van der Waals surface area (Å²) in [5, 5.41) is 18.4. The number of ketones is 1. The van der Waals surface area contributed by atoms with Crippen molar-refractivity contribution in [1.82, 2.24) is 5.32 Å². The first kappa shape index (κ1) is 19.5. The van der Waals surface area contributed by atoms with E-state index in [9.17, 15) is 9.90 Å². The highest BCUT2D eigenvalue weighted by Crippen LogP contribution is 2.65. The van der Waals surface area contributed by atoms with E-state index in [0.717, 1.165) is 75.7 Å². The predicted octanol–water partition coefficient (Wildman–Crippen LogP) is 3.39. The van der Waals surface area contributed by atoms with Crippen molar-refractivity contribution in [3.05, 3.63) is 23.8 Å². The molecule has 0 aromatic heterocycles. The quantitative estimate of drug-likeness (QED) is 0.715. The third-order valence-electron chi connectivity index (χ3n) is 9.01. The molecule has 5 nitrogen and oxygen atoms in total. The predicted molar refractivity (Wildman–Crippen MR) is 112 cm³/mol. The minimum absolute atomic E-state index is 0.149. The molecule has 5 rings (SSSR count). The summed E-state index contributed by atoms with van der Waals surface area (Å²) in [6.45, 7) is 8.66. The molecule has 3 saturated carbocycles. The lowest BCUT2D eigenvalue weighted by Crippen LogP contribution is -2.53. The topological polar surface area (TPSA) is 70.9 Å². The molecule has 0 spiro atoms. The number of carbonyl (C=O) groups is 1. The van der Waals surface area contributed by atoms with Crippen molar-refractivity contribution in [3.8, 4) is 0 Å². The van der Waals surface area contributed by atoms with E-state index in [1.54, 1.807) is 0 Å². The molecule has 1 saturated heterocycles. The molecule has 4 aliphatic carbocycles. The monoisotopic (exact) mass is 398 g/mol. The third kappa shape index (κ3) is 2.88. The van der Waals surface area contributed by atoms with Crippen LogP contribution in [0, 0.1) is 28.6 Å². The summed E-state index contributed by atoms with van der Waals surface area (Å²) in [5.74, 6) is 1.82. The van der Waals surface area contributed by atoms with Gasteiger partial charge in [-0.2, -0.15) is 0 Å². The number of allylic oxidation sites excluding steroid dienone is 2. The van der Waals surface area contributed by atoms with Gasteiger partial charge in [0.15, 0.2) is 0 Å². The van der Waals surface area contributed by atoms with Crippen LogP contribution in [0.1, 0.15) is 58.3 Å². The maximum absolute atomic E-state index is 12.6. The first-order valence-corrected chi connectivity index (χ1v) is 11.5. The van der Waals surface area contributed by atoms with Gasteiger partial charge in [0.1, 0.15) is 11.9 Å². The third-order valence-corrected chi connectivity index (χ3v) is 9.01. The average molecular weight is 399 g/mol. The minimum Gasteiger partial charge on any atom is -0.395 e. The van der Waals surface area contributed by atoms with Crippen molar-refractivity contribution < 1.29 is 14.7 Å². The van der Waals surface area contributed by atoms with Crippen LogP contribution in [0.4, 0.5) is 0 Å². The fourth-order valence-electron chi connectivity index (χ4n) is 7.35. The normalized spacial score (nSPS) is 45.6. The highest BCUT2D eigenvalue weighted by Gasteiger charge is 2.60. The summed E-state index contributed by atoms with van der Waals surface area (Å²) in [6.07, 6.45) is 9.77. The largest absolute Gasteiger partial charge is 0.395 e. The molecule has 1 aliphatic heterocycles. The summed E-state index contributed by atoms with van der Waals surface area (Å²) in [6, 6.07) is 0. The molecule has 158 valence electrons. The van der Waals surface area contributed by atoms with Crippen LogP contribution in [0.3, 0.4) is 0 Å². The van der Waals surface area contributed by atoms with Crippen LogP contribution in [-0.2, 0) is 9.63 Å². The van der Waals surface area contributed by atoms with Crippen molar-refractivity contribution >= 4 is 11.5 Å². The fourth-order valence-corrected chi connectivity index (χ4v) is 7.35. The zero-order chi connectivity index (χ0) is 20.2. The van der Waals surface area contributed by atoms with Crippen molar-refractivity contribution in [2.24, 2.45) is 33.7 Å². The molecular weight excluding hydrogens is 364 g/mol. The molecule has 5 heteroatoms. The van der Waals surface area contributed by atoms with Crippen LogP contribution in [0.5, 0.6) is 0 Å². The van der Waals surface area contributed by atoms with Crippen LogP contribution in [0.15, 0.2) is 29.0 Å². The second-order valence-electron chi connectivity index (χ2n) is 10.3. The van der Waals surface area contributed by atoms with Crippen molar-refractivity contribution in [2.75, 3.05) is 19.7 Å². The summed E-state index contributed by atoms with van der Waals surface area (Å²) in [5.41, 5.74) is 2.95. The van der Waals surface area contributed by atoms with E-state index in [4.69, 9.17) is 4.84 Å². The lowest BCUT2D eigenvalue weighted by atomic mass is 9.46. The summed E-state index contributed by atoms with van der Waals surface area (Å²) >= 11 is 0. The average Bonchev–Trinajstić information content (AvgIpc) is 3.35. The maximum Gasteiger partial charge on any atom is 0.141 e.